The number of nitrogens with zero attached hydrogens (tertiary/aromatic N) is 1. The van der Waals surface area contributed by atoms with E-state index in [-0.39, 0.29) is 29.9 Å². The molecule has 2 N–H and O–H groups in total. The van der Waals surface area contributed by atoms with Crippen LogP contribution in [0.2, 0.25) is 0 Å². The summed E-state index contributed by atoms with van der Waals surface area (Å²) in [6, 6.07) is 0. The second-order valence-corrected chi connectivity index (χ2v) is 4.85. The molecule has 1 aliphatic heterocycles. The Hall–Kier alpha value is -0.900. The van der Waals surface area contributed by atoms with Gasteiger partial charge in [0.1, 0.15) is 11.1 Å². The van der Waals surface area contributed by atoms with Crippen LogP contribution >= 0.6 is 23.7 Å². The Morgan fingerprint density at radius 1 is 1.60 bits per heavy atom. The molecule has 1 saturated heterocycles. The Morgan fingerprint density at radius 2 is 2.35 bits per heavy atom. The van der Waals surface area contributed by atoms with Crippen molar-refractivity contribution in [2.75, 3.05) is 19.7 Å². The highest BCUT2D eigenvalue weighted by molar-refractivity contribution is 7.09. The Morgan fingerprint density at radius 3 is 2.90 bits per heavy atom. The van der Waals surface area contributed by atoms with E-state index in [1.54, 1.807) is 0 Å². The van der Waals surface area contributed by atoms with Crippen molar-refractivity contribution in [2.45, 2.75) is 18.8 Å². The highest BCUT2D eigenvalue weighted by Gasteiger charge is 2.33. The smallest absolute Gasteiger partial charge is 0.366 e. The standard InChI is InChI=1S/C10H12F3N3O2S.ClH/c11-10(12,13)7-5-19-8(16-7)4-15-9(17)6-3-14-1-2-18-6;/h5-6,14H,1-4H2,(H,15,17);1H. The maximum Gasteiger partial charge on any atom is 0.434 e. The van der Waals surface area contributed by atoms with Crippen molar-refractivity contribution in [3.05, 3.63) is 16.1 Å². The minimum atomic E-state index is -4.45. The maximum atomic E-state index is 12.3. The lowest BCUT2D eigenvalue weighted by atomic mass is 10.3. The topological polar surface area (TPSA) is 63.2 Å². The van der Waals surface area contributed by atoms with Gasteiger partial charge in [0, 0.05) is 18.5 Å². The summed E-state index contributed by atoms with van der Waals surface area (Å²) < 4.78 is 42.2. The molecule has 2 heterocycles. The summed E-state index contributed by atoms with van der Waals surface area (Å²) in [6.07, 6.45) is -5.05. The number of ether oxygens (including phenoxy) is 1. The van der Waals surface area contributed by atoms with Gasteiger partial charge in [-0.05, 0) is 0 Å². The van der Waals surface area contributed by atoms with Crippen LogP contribution < -0.4 is 10.6 Å². The van der Waals surface area contributed by atoms with Gasteiger partial charge in [0.2, 0.25) is 0 Å². The maximum absolute atomic E-state index is 12.3. The first kappa shape index (κ1) is 17.2. The lowest BCUT2D eigenvalue weighted by Gasteiger charge is -2.22. The van der Waals surface area contributed by atoms with E-state index in [1.165, 1.54) is 0 Å². The van der Waals surface area contributed by atoms with Crippen LogP contribution in [0.25, 0.3) is 0 Å². The summed E-state index contributed by atoms with van der Waals surface area (Å²) in [5.41, 5.74) is -0.933. The van der Waals surface area contributed by atoms with E-state index in [2.05, 4.69) is 15.6 Å². The van der Waals surface area contributed by atoms with Crippen LogP contribution in [-0.4, -0.2) is 36.7 Å². The van der Waals surface area contributed by atoms with Gasteiger partial charge in [-0.25, -0.2) is 4.98 Å². The second kappa shape index (κ2) is 7.21. The van der Waals surface area contributed by atoms with Crippen molar-refractivity contribution >= 4 is 29.7 Å². The zero-order valence-corrected chi connectivity index (χ0v) is 11.8. The van der Waals surface area contributed by atoms with Crippen LogP contribution in [0, 0.1) is 0 Å². The number of aromatic nitrogens is 1. The molecule has 1 aromatic heterocycles. The van der Waals surface area contributed by atoms with Crippen LogP contribution in [0.5, 0.6) is 0 Å². The summed E-state index contributed by atoms with van der Waals surface area (Å²) in [4.78, 5) is 15.1. The van der Waals surface area contributed by atoms with Crippen LogP contribution in [0.15, 0.2) is 5.38 Å². The fraction of sp³-hybridized carbons (Fsp3) is 0.600. The average Bonchev–Trinajstić information content (AvgIpc) is 2.86. The highest BCUT2D eigenvalue weighted by Crippen LogP contribution is 2.29. The summed E-state index contributed by atoms with van der Waals surface area (Å²) in [5, 5.41) is 6.64. The predicted molar refractivity (Wildman–Crippen MR) is 68.8 cm³/mol. The number of morpholine rings is 1. The molecule has 10 heteroatoms. The summed E-state index contributed by atoms with van der Waals surface area (Å²) in [7, 11) is 0. The number of thiazole rings is 1. The van der Waals surface area contributed by atoms with Gasteiger partial charge in [-0.1, -0.05) is 0 Å². The van der Waals surface area contributed by atoms with E-state index in [0.29, 0.717) is 19.7 Å². The zero-order chi connectivity index (χ0) is 13.9. The quantitative estimate of drug-likeness (QED) is 0.873. The van der Waals surface area contributed by atoms with Crippen molar-refractivity contribution < 1.29 is 22.7 Å². The highest BCUT2D eigenvalue weighted by atomic mass is 35.5. The van der Waals surface area contributed by atoms with Crippen LogP contribution in [0.1, 0.15) is 10.7 Å². The van der Waals surface area contributed by atoms with Crippen molar-refractivity contribution in [3.8, 4) is 0 Å². The van der Waals surface area contributed by atoms with Gasteiger partial charge in [-0.2, -0.15) is 13.2 Å². The fourth-order valence-electron chi connectivity index (χ4n) is 1.53. The number of carbonyl (C=O) groups is 1. The fourth-order valence-corrected chi connectivity index (χ4v) is 2.27. The molecule has 20 heavy (non-hydrogen) atoms. The van der Waals surface area contributed by atoms with Crippen molar-refractivity contribution in [1.82, 2.24) is 15.6 Å². The third kappa shape index (κ3) is 4.58. The normalized spacial score (nSPS) is 19.2. The first-order valence-electron chi connectivity index (χ1n) is 5.58. The van der Waals surface area contributed by atoms with Crippen molar-refractivity contribution in [3.63, 3.8) is 0 Å². The van der Waals surface area contributed by atoms with Crippen LogP contribution in [0.4, 0.5) is 13.2 Å². The van der Waals surface area contributed by atoms with E-state index in [0.717, 1.165) is 16.7 Å². The Labute approximate surface area is 123 Å². The molecule has 0 aromatic carbocycles. The molecule has 1 amide bonds. The number of hydrogen-bond donors (Lipinski definition) is 2. The average molecular weight is 332 g/mol. The first-order chi connectivity index (χ1) is 8.97. The number of halogens is 4. The number of hydrogen-bond acceptors (Lipinski definition) is 5. The molecule has 2 rings (SSSR count). The van der Waals surface area contributed by atoms with Gasteiger partial charge in [-0.3, -0.25) is 4.79 Å². The molecule has 0 bridgehead atoms. The second-order valence-electron chi connectivity index (χ2n) is 3.91. The molecule has 1 fully saturated rings. The molecular weight excluding hydrogens is 319 g/mol. The molecule has 1 atom stereocenters. The van der Waals surface area contributed by atoms with E-state index in [1.807, 2.05) is 0 Å². The van der Waals surface area contributed by atoms with Gasteiger partial charge in [0.05, 0.1) is 13.2 Å². The molecular formula is C10H13ClF3N3O2S. The van der Waals surface area contributed by atoms with Gasteiger partial charge < -0.3 is 15.4 Å². The molecule has 114 valence electrons. The van der Waals surface area contributed by atoms with E-state index >= 15 is 0 Å². The molecule has 0 radical (unpaired) electrons. The largest absolute Gasteiger partial charge is 0.434 e. The number of carbonyl (C=O) groups excluding carboxylic acids is 1. The van der Waals surface area contributed by atoms with E-state index in [4.69, 9.17) is 4.74 Å². The Balaban J connectivity index is 0.00000200. The third-order valence-corrected chi connectivity index (χ3v) is 3.32. The van der Waals surface area contributed by atoms with Crippen LogP contribution in [0.3, 0.4) is 0 Å². The van der Waals surface area contributed by atoms with E-state index in [9.17, 15) is 18.0 Å². The monoisotopic (exact) mass is 331 g/mol. The molecule has 0 aliphatic carbocycles. The summed E-state index contributed by atoms with van der Waals surface area (Å²) in [5.74, 6) is -0.351. The van der Waals surface area contributed by atoms with Gasteiger partial charge in [0.25, 0.3) is 5.91 Å². The third-order valence-electron chi connectivity index (χ3n) is 2.48. The van der Waals surface area contributed by atoms with Gasteiger partial charge >= 0.3 is 6.18 Å². The first-order valence-corrected chi connectivity index (χ1v) is 6.46. The predicted octanol–water partition coefficient (Wildman–Crippen LogP) is 1.19. The van der Waals surface area contributed by atoms with Crippen LogP contribution in [-0.2, 0) is 22.3 Å². The Bertz CT molecular complexity index is 449. The Kier molecular flexibility index (Phi) is 6.18. The lowest BCUT2D eigenvalue weighted by molar-refractivity contribution is -0.140. The van der Waals surface area contributed by atoms with Gasteiger partial charge in [-0.15, -0.1) is 23.7 Å². The number of amides is 1. The molecule has 0 spiro atoms. The van der Waals surface area contributed by atoms with Gasteiger partial charge in [0.15, 0.2) is 5.69 Å². The molecule has 1 unspecified atom stereocenters. The molecule has 1 aromatic rings. The number of nitrogens with one attached hydrogen (secondary N) is 2. The molecule has 5 nitrogen and oxygen atoms in total. The van der Waals surface area contributed by atoms with Crippen molar-refractivity contribution in [1.29, 1.82) is 0 Å². The SMILES string of the molecule is Cl.O=C(NCc1nc(C(F)(F)F)cs1)C1CNCCO1. The minimum absolute atomic E-state index is 0. The summed E-state index contributed by atoms with van der Waals surface area (Å²) >= 11 is 0.863. The molecule has 0 saturated carbocycles. The van der Waals surface area contributed by atoms with Crippen molar-refractivity contribution in [2.24, 2.45) is 0 Å². The minimum Gasteiger partial charge on any atom is -0.366 e. The number of rotatable bonds is 3. The summed E-state index contributed by atoms with van der Waals surface area (Å²) in [6.45, 7) is 1.50. The zero-order valence-electron chi connectivity index (χ0n) is 10.2. The lowest BCUT2D eigenvalue weighted by Crippen LogP contribution is -2.47. The number of alkyl halides is 3. The van der Waals surface area contributed by atoms with E-state index < -0.39 is 18.0 Å². The molecule has 1 aliphatic rings.